The molecule has 109 valence electrons. The molecule has 0 unspecified atom stereocenters. The summed E-state index contributed by atoms with van der Waals surface area (Å²) in [5.74, 6) is 0. The van der Waals surface area contributed by atoms with Gasteiger partial charge < -0.3 is 4.98 Å². The molecule has 0 fully saturated rings. The van der Waals surface area contributed by atoms with Crippen LogP contribution in [0.1, 0.15) is 0 Å². The van der Waals surface area contributed by atoms with E-state index in [2.05, 4.69) is 40.4 Å². The third kappa shape index (κ3) is 2.55. The molecule has 0 aliphatic heterocycles. The Labute approximate surface area is 135 Å². The molecule has 2 aromatic heterocycles. The summed E-state index contributed by atoms with van der Waals surface area (Å²) in [6.45, 7) is 0. The Morgan fingerprint density at radius 3 is 2.00 bits per heavy atom. The van der Waals surface area contributed by atoms with E-state index in [9.17, 15) is 0 Å². The summed E-state index contributed by atoms with van der Waals surface area (Å²) < 4.78 is 0. The molecule has 2 nitrogen and oxygen atoms in total. The first-order chi connectivity index (χ1) is 11.4. The maximum atomic E-state index is 4.55. The molecule has 0 bridgehead atoms. The molecule has 0 aliphatic rings. The Morgan fingerprint density at radius 1 is 0.696 bits per heavy atom. The zero-order chi connectivity index (χ0) is 15.5. The van der Waals surface area contributed by atoms with Crippen LogP contribution < -0.4 is 0 Å². The van der Waals surface area contributed by atoms with Crippen molar-refractivity contribution in [3.8, 4) is 33.6 Å². The van der Waals surface area contributed by atoms with E-state index in [0.717, 1.165) is 33.6 Å². The van der Waals surface area contributed by atoms with Crippen LogP contribution in [0.25, 0.3) is 33.6 Å². The number of aromatic nitrogens is 2. The van der Waals surface area contributed by atoms with E-state index in [1.165, 1.54) is 0 Å². The summed E-state index contributed by atoms with van der Waals surface area (Å²) >= 11 is 0. The maximum Gasteiger partial charge on any atom is 0.0730 e. The maximum absolute atomic E-state index is 4.55. The monoisotopic (exact) mass is 295 g/mol. The Hall–Kier alpha value is -3.13. The molecule has 1 radical (unpaired) electrons. The van der Waals surface area contributed by atoms with Crippen LogP contribution >= 0.6 is 0 Å². The van der Waals surface area contributed by atoms with Crippen molar-refractivity contribution in [2.45, 2.75) is 0 Å². The smallest absolute Gasteiger partial charge is 0.0730 e. The molecular formula is C21H15N2. The predicted molar refractivity (Wildman–Crippen MR) is 93.7 cm³/mol. The number of rotatable bonds is 3. The lowest BCUT2D eigenvalue weighted by Crippen LogP contribution is -1.87. The molecule has 4 rings (SSSR count). The van der Waals surface area contributed by atoms with E-state index in [1.54, 1.807) is 0 Å². The summed E-state index contributed by atoms with van der Waals surface area (Å²) in [6, 6.07) is 26.6. The lowest BCUT2D eigenvalue weighted by Gasteiger charge is -2.07. The molecule has 4 aromatic rings. The summed E-state index contributed by atoms with van der Waals surface area (Å²) in [5.41, 5.74) is 6.38. The van der Waals surface area contributed by atoms with E-state index in [-0.39, 0.29) is 0 Å². The fraction of sp³-hybridized carbons (Fsp3) is 0. The first kappa shape index (κ1) is 13.5. The van der Waals surface area contributed by atoms with Crippen molar-refractivity contribution in [3.05, 3.63) is 91.3 Å². The van der Waals surface area contributed by atoms with Crippen molar-refractivity contribution in [1.29, 1.82) is 0 Å². The number of nitrogens with one attached hydrogen (secondary N) is 1. The number of H-pyrrole nitrogens is 1. The zero-order valence-corrected chi connectivity index (χ0v) is 12.5. The van der Waals surface area contributed by atoms with Crippen LogP contribution in [0.4, 0.5) is 0 Å². The fourth-order valence-electron chi connectivity index (χ4n) is 2.78. The molecule has 2 heteroatoms. The minimum absolute atomic E-state index is 0.947. The van der Waals surface area contributed by atoms with Crippen LogP contribution in [0.15, 0.2) is 85.1 Å². The van der Waals surface area contributed by atoms with Gasteiger partial charge in [-0.15, -0.1) is 0 Å². The van der Waals surface area contributed by atoms with Gasteiger partial charge >= 0.3 is 0 Å². The van der Waals surface area contributed by atoms with Gasteiger partial charge in [0.15, 0.2) is 0 Å². The highest BCUT2D eigenvalue weighted by Crippen LogP contribution is 2.38. The number of hydrogen-bond acceptors (Lipinski definition) is 1. The minimum Gasteiger partial charge on any atom is -0.352 e. The number of aromatic amines is 1. The van der Waals surface area contributed by atoms with Gasteiger partial charge in [-0.05, 0) is 23.3 Å². The van der Waals surface area contributed by atoms with Crippen molar-refractivity contribution < 1.29 is 0 Å². The lowest BCUT2D eigenvalue weighted by atomic mass is 9.97. The van der Waals surface area contributed by atoms with Crippen LogP contribution in [-0.2, 0) is 0 Å². The standard InChI is InChI=1S/C21H15N2/c1-3-9-16(10-4-1)18-15-23-21(17-11-5-2-6-12-17)20(18)19-13-7-8-14-22-19/h1-14,23H. The molecule has 0 saturated heterocycles. The van der Waals surface area contributed by atoms with Gasteiger partial charge in [0.1, 0.15) is 0 Å². The first-order valence-corrected chi connectivity index (χ1v) is 7.59. The highest BCUT2D eigenvalue weighted by Gasteiger charge is 2.17. The van der Waals surface area contributed by atoms with Gasteiger partial charge in [-0.3, -0.25) is 4.98 Å². The Morgan fingerprint density at radius 2 is 1.35 bits per heavy atom. The van der Waals surface area contributed by atoms with Gasteiger partial charge in [0.25, 0.3) is 0 Å². The predicted octanol–water partition coefficient (Wildman–Crippen LogP) is 5.21. The molecule has 2 aromatic carbocycles. The highest BCUT2D eigenvalue weighted by atomic mass is 14.7. The Bertz CT molecular complexity index is 838. The van der Waals surface area contributed by atoms with Gasteiger partial charge in [0, 0.05) is 17.3 Å². The molecule has 0 amide bonds. The summed E-state index contributed by atoms with van der Waals surface area (Å²) in [4.78, 5) is 7.88. The molecule has 0 saturated carbocycles. The lowest BCUT2D eigenvalue weighted by molar-refractivity contribution is 1.32. The van der Waals surface area contributed by atoms with E-state index < -0.39 is 0 Å². The third-order valence-corrected chi connectivity index (χ3v) is 3.86. The highest BCUT2D eigenvalue weighted by molar-refractivity contribution is 5.91. The van der Waals surface area contributed by atoms with Gasteiger partial charge in [-0.2, -0.15) is 0 Å². The average Bonchev–Trinajstić information content (AvgIpc) is 3.09. The molecule has 0 spiro atoms. The second-order valence-electron chi connectivity index (χ2n) is 5.32. The van der Waals surface area contributed by atoms with E-state index in [1.807, 2.05) is 60.8 Å². The van der Waals surface area contributed by atoms with Gasteiger partial charge in [0.05, 0.1) is 17.6 Å². The van der Waals surface area contributed by atoms with Crippen molar-refractivity contribution in [1.82, 2.24) is 9.97 Å². The third-order valence-electron chi connectivity index (χ3n) is 3.86. The van der Waals surface area contributed by atoms with Crippen LogP contribution in [0.2, 0.25) is 0 Å². The summed E-state index contributed by atoms with van der Waals surface area (Å²) in [7, 11) is 0. The van der Waals surface area contributed by atoms with Crippen molar-refractivity contribution in [2.24, 2.45) is 0 Å². The molecule has 0 atom stereocenters. The van der Waals surface area contributed by atoms with E-state index in [0.29, 0.717) is 0 Å². The van der Waals surface area contributed by atoms with Gasteiger partial charge in [0.2, 0.25) is 0 Å². The van der Waals surface area contributed by atoms with Crippen molar-refractivity contribution >= 4 is 0 Å². The zero-order valence-electron chi connectivity index (χ0n) is 12.5. The topological polar surface area (TPSA) is 28.7 Å². The van der Waals surface area contributed by atoms with E-state index in [4.69, 9.17) is 0 Å². The van der Waals surface area contributed by atoms with Crippen LogP contribution in [0.5, 0.6) is 0 Å². The van der Waals surface area contributed by atoms with Gasteiger partial charge in [-0.1, -0.05) is 66.7 Å². The number of benzene rings is 2. The van der Waals surface area contributed by atoms with E-state index >= 15 is 0 Å². The normalized spacial score (nSPS) is 10.6. The second kappa shape index (κ2) is 5.93. The minimum atomic E-state index is 0.947. The molecule has 1 N–H and O–H groups in total. The SMILES string of the molecule is [c]1[nH]c(-c2ccccc2)c(-c2ccccn2)c1-c1ccccc1. The first-order valence-electron chi connectivity index (χ1n) is 7.59. The Kier molecular flexibility index (Phi) is 3.49. The molecule has 23 heavy (non-hydrogen) atoms. The number of hydrogen-bond donors (Lipinski definition) is 1. The largest absolute Gasteiger partial charge is 0.352 e. The van der Waals surface area contributed by atoms with Crippen molar-refractivity contribution in [2.75, 3.05) is 0 Å². The van der Waals surface area contributed by atoms with Crippen LogP contribution in [0.3, 0.4) is 0 Å². The average molecular weight is 295 g/mol. The fourth-order valence-corrected chi connectivity index (χ4v) is 2.78. The van der Waals surface area contributed by atoms with Crippen LogP contribution in [0, 0.1) is 6.20 Å². The molecule has 0 aliphatic carbocycles. The van der Waals surface area contributed by atoms with Gasteiger partial charge in [-0.25, -0.2) is 0 Å². The summed E-state index contributed by atoms with van der Waals surface area (Å²) in [6.07, 6.45) is 5.15. The van der Waals surface area contributed by atoms with Crippen LogP contribution in [-0.4, -0.2) is 9.97 Å². The number of pyridine rings is 1. The molecule has 2 heterocycles. The second-order valence-corrected chi connectivity index (χ2v) is 5.32. The molecular weight excluding hydrogens is 280 g/mol. The summed E-state index contributed by atoms with van der Waals surface area (Å²) in [5, 5.41) is 0. The quantitative estimate of drug-likeness (QED) is 0.552. The Balaban J connectivity index is 1.97. The van der Waals surface area contributed by atoms with Crippen molar-refractivity contribution in [3.63, 3.8) is 0 Å². The number of nitrogens with zero attached hydrogens (tertiary/aromatic N) is 1.